The highest BCUT2D eigenvalue weighted by Crippen LogP contribution is 2.22. The number of H-pyrrole nitrogens is 1. The number of aromatic nitrogens is 2. The smallest absolute Gasteiger partial charge is 0.380 e. The standard InChI is InChI=1S/C21H22N4O7S/c1-13-2-8-16(9-3-13)33(29,30)25-10-11-31-17(12-25)18(26)20(27)22-15-6-4-14(5-7-15)19-23-21(28)32-24-19/h2-9,17-18,26H,10-12H2,1H3,(H,22,27)(H,23,24,28). The summed E-state index contributed by atoms with van der Waals surface area (Å²) in [5.41, 5.74) is 1.88. The van der Waals surface area contributed by atoms with Crippen LogP contribution in [-0.4, -0.2) is 65.8 Å². The molecule has 1 amide bonds. The number of aryl methyl sites for hydroxylation is 1. The Morgan fingerprint density at radius 3 is 2.55 bits per heavy atom. The fourth-order valence-corrected chi connectivity index (χ4v) is 4.81. The molecule has 4 rings (SSSR count). The summed E-state index contributed by atoms with van der Waals surface area (Å²) in [6.45, 7) is 1.86. The number of aliphatic hydroxyl groups is 1. The molecule has 11 nitrogen and oxygen atoms in total. The summed E-state index contributed by atoms with van der Waals surface area (Å²) in [6, 6.07) is 12.8. The number of anilines is 1. The molecule has 0 radical (unpaired) electrons. The minimum absolute atomic E-state index is 0.0463. The molecule has 2 unspecified atom stereocenters. The van der Waals surface area contributed by atoms with Gasteiger partial charge in [0.1, 0.15) is 6.10 Å². The van der Waals surface area contributed by atoms with Crippen molar-refractivity contribution in [3.63, 3.8) is 0 Å². The summed E-state index contributed by atoms with van der Waals surface area (Å²) in [7, 11) is -3.79. The molecule has 1 aliphatic heterocycles. The van der Waals surface area contributed by atoms with Gasteiger partial charge in [-0.2, -0.15) is 4.31 Å². The van der Waals surface area contributed by atoms with Crippen LogP contribution in [0.25, 0.3) is 11.4 Å². The summed E-state index contributed by atoms with van der Waals surface area (Å²) in [5, 5.41) is 16.6. The minimum atomic E-state index is -3.79. The third kappa shape index (κ3) is 5.03. The van der Waals surface area contributed by atoms with Crippen LogP contribution in [0, 0.1) is 6.92 Å². The van der Waals surface area contributed by atoms with E-state index in [9.17, 15) is 23.1 Å². The van der Waals surface area contributed by atoms with Crippen molar-refractivity contribution >= 4 is 21.6 Å². The van der Waals surface area contributed by atoms with Crippen molar-refractivity contribution in [3.05, 3.63) is 64.6 Å². The van der Waals surface area contributed by atoms with Crippen molar-refractivity contribution in [2.45, 2.75) is 24.0 Å². The molecule has 1 fully saturated rings. The van der Waals surface area contributed by atoms with E-state index in [1.165, 1.54) is 16.4 Å². The topological polar surface area (TPSA) is 155 Å². The highest BCUT2D eigenvalue weighted by Gasteiger charge is 2.36. The average molecular weight is 474 g/mol. The van der Waals surface area contributed by atoms with E-state index < -0.39 is 33.9 Å². The molecule has 1 aliphatic rings. The van der Waals surface area contributed by atoms with Gasteiger partial charge >= 0.3 is 5.76 Å². The predicted octanol–water partition coefficient (Wildman–Crippen LogP) is 0.727. The van der Waals surface area contributed by atoms with Gasteiger partial charge in [0.15, 0.2) is 11.9 Å². The van der Waals surface area contributed by atoms with Crippen LogP contribution in [0.5, 0.6) is 0 Å². The number of aliphatic hydroxyl groups excluding tert-OH is 1. The molecule has 0 saturated carbocycles. The van der Waals surface area contributed by atoms with Crippen LogP contribution in [0.3, 0.4) is 0 Å². The van der Waals surface area contributed by atoms with Crippen LogP contribution in [0.15, 0.2) is 62.7 Å². The van der Waals surface area contributed by atoms with Crippen LogP contribution in [0.1, 0.15) is 5.56 Å². The van der Waals surface area contributed by atoms with Crippen molar-refractivity contribution in [1.29, 1.82) is 0 Å². The first-order valence-electron chi connectivity index (χ1n) is 10.1. The fourth-order valence-electron chi connectivity index (χ4n) is 3.37. The number of hydrogen-bond donors (Lipinski definition) is 3. The molecule has 1 aromatic heterocycles. The number of ether oxygens (including phenoxy) is 1. The molecule has 3 aromatic rings. The van der Waals surface area contributed by atoms with E-state index >= 15 is 0 Å². The maximum absolute atomic E-state index is 12.9. The Balaban J connectivity index is 1.41. The Labute approximate surface area is 189 Å². The second-order valence-electron chi connectivity index (χ2n) is 7.54. The van der Waals surface area contributed by atoms with Crippen molar-refractivity contribution in [2.75, 3.05) is 25.0 Å². The molecule has 12 heteroatoms. The monoisotopic (exact) mass is 474 g/mol. The highest BCUT2D eigenvalue weighted by molar-refractivity contribution is 7.89. The van der Waals surface area contributed by atoms with Gasteiger partial charge in [-0.05, 0) is 43.3 Å². The van der Waals surface area contributed by atoms with Gasteiger partial charge in [-0.15, -0.1) is 0 Å². The number of carbonyl (C=O) groups excluding carboxylic acids is 1. The van der Waals surface area contributed by atoms with Crippen LogP contribution in [0.2, 0.25) is 0 Å². The minimum Gasteiger partial charge on any atom is -0.380 e. The molecule has 3 N–H and O–H groups in total. The van der Waals surface area contributed by atoms with Gasteiger partial charge in [-0.3, -0.25) is 14.3 Å². The fraction of sp³-hybridized carbons (Fsp3) is 0.286. The maximum atomic E-state index is 12.9. The van der Waals surface area contributed by atoms with Crippen LogP contribution in [0.4, 0.5) is 5.69 Å². The van der Waals surface area contributed by atoms with E-state index in [-0.39, 0.29) is 30.4 Å². The molecule has 33 heavy (non-hydrogen) atoms. The quantitative estimate of drug-likeness (QED) is 0.472. The van der Waals surface area contributed by atoms with E-state index in [0.717, 1.165) is 5.56 Å². The van der Waals surface area contributed by atoms with Crippen molar-refractivity contribution < 1.29 is 27.6 Å². The summed E-state index contributed by atoms with van der Waals surface area (Å²) in [4.78, 5) is 26.2. The average Bonchev–Trinajstić information content (AvgIpc) is 3.25. The molecule has 2 heterocycles. The molecule has 0 spiro atoms. The van der Waals surface area contributed by atoms with Gasteiger partial charge in [-0.25, -0.2) is 13.2 Å². The van der Waals surface area contributed by atoms with Gasteiger partial charge in [-0.1, -0.05) is 22.9 Å². The third-order valence-corrected chi connectivity index (χ3v) is 7.08. The summed E-state index contributed by atoms with van der Waals surface area (Å²) in [6.07, 6.45) is -2.62. The first-order chi connectivity index (χ1) is 15.7. The first-order valence-corrected chi connectivity index (χ1v) is 11.5. The van der Waals surface area contributed by atoms with Crippen LogP contribution < -0.4 is 11.1 Å². The van der Waals surface area contributed by atoms with Crippen LogP contribution in [-0.2, 0) is 19.6 Å². The zero-order valence-corrected chi connectivity index (χ0v) is 18.4. The highest BCUT2D eigenvalue weighted by atomic mass is 32.2. The zero-order chi connectivity index (χ0) is 23.6. The second kappa shape index (κ2) is 9.27. The van der Waals surface area contributed by atoms with Crippen molar-refractivity contribution in [1.82, 2.24) is 14.4 Å². The lowest BCUT2D eigenvalue weighted by atomic mass is 10.1. The molecule has 1 saturated heterocycles. The molecular weight excluding hydrogens is 452 g/mol. The molecular formula is C21H22N4O7S. The van der Waals surface area contributed by atoms with Crippen molar-refractivity contribution in [2.24, 2.45) is 0 Å². The van der Waals surface area contributed by atoms with E-state index in [4.69, 9.17) is 4.74 Å². The lowest BCUT2D eigenvalue weighted by molar-refractivity contribution is -0.136. The first kappa shape index (κ1) is 22.9. The number of sulfonamides is 1. The van der Waals surface area contributed by atoms with Gasteiger partial charge in [0.25, 0.3) is 5.91 Å². The molecule has 174 valence electrons. The predicted molar refractivity (Wildman–Crippen MR) is 117 cm³/mol. The van der Waals surface area contributed by atoms with E-state index in [1.54, 1.807) is 36.4 Å². The largest absolute Gasteiger partial charge is 0.439 e. The molecule has 2 atom stereocenters. The number of nitrogens with one attached hydrogen (secondary N) is 2. The number of rotatable bonds is 6. The number of aromatic amines is 1. The Kier molecular flexibility index (Phi) is 6.42. The summed E-state index contributed by atoms with van der Waals surface area (Å²) in [5.74, 6) is -1.18. The zero-order valence-electron chi connectivity index (χ0n) is 17.6. The van der Waals surface area contributed by atoms with Gasteiger partial charge in [0.05, 0.1) is 11.5 Å². The number of benzene rings is 2. The lowest BCUT2D eigenvalue weighted by Crippen LogP contribution is -2.52. The summed E-state index contributed by atoms with van der Waals surface area (Å²) < 4.78 is 37.0. The Morgan fingerprint density at radius 1 is 1.21 bits per heavy atom. The SMILES string of the molecule is Cc1ccc(S(=O)(=O)N2CCOC(C(O)C(=O)Nc3ccc(-c4noc(=O)[nH]4)cc3)C2)cc1. The summed E-state index contributed by atoms with van der Waals surface area (Å²) >= 11 is 0. The number of nitrogens with zero attached hydrogens (tertiary/aromatic N) is 2. The molecule has 0 bridgehead atoms. The van der Waals surface area contributed by atoms with Gasteiger partial charge in [0.2, 0.25) is 10.0 Å². The second-order valence-corrected chi connectivity index (χ2v) is 9.48. The van der Waals surface area contributed by atoms with Crippen molar-refractivity contribution in [3.8, 4) is 11.4 Å². The number of amides is 1. The van der Waals surface area contributed by atoms with E-state index in [1.807, 2.05) is 6.92 Å². The van der Waals surface area contributed by atoms with Gasteiger partial charge in [0, 0.05) is 24.3 Å². The maximum Gasteiger partial charge on any atom is 0.439 e. The Bertz CT molecular complexity index is 1280. The number of hydrogen-bond acceptors (Lipinski definition) is 8. The molecule has 0 aliphatic carbocycles. The van der Waals surface area contributed by atoms with Gasteiger partial charge < -0.3 is 15.2 Å². The lowest BCUT2D eigenvalue weighted by Gasteiger charge is -2.34. The normalized spacial score (nSPS) is 18.1. The number of morpholine rings is 1. The Hall–Kier alpha value is -3.32. The van der Waals surface area contributed by atoms with Crippen LogP contribution >= 0.6 is 0 Å². The van der Waals surface area contributed by atoms with E-state index in [0.29, 0.717) is 11.3 Å². The number of carbonyl (C=O) groups is 1. The third-order valence-electron chi connectivity index (χ3n) is 5.20. The van der Waals surface area contributed by atoms with E-state index in [2.05, 4.69) is 20.0 Å². The Morgan fingerprint density at radius 2 is 1.91 bits per heavy atom. The molecule has 2 aromatic carbocycles.